The first-order chi connectivity index (χ1) is 23.9. The maximum atomic E-state index is 6.70. The summed E-state index contributed by atoms with van der Waals surface area (Å²) < 4.78 is 6.70. The van der Waals surface area contributed by atoms with Gasteiger partial charge in [0.2, 0.25) is 0 Å². The van der Waals surface area contributed by atoms with E-state index >= 15 is 0 Å². The van der Waals surface area contributed by atoms with E-state index in [0.29, 0.717) is 0 Å². The summed E-state index contributed by atoms with van der Waals surface area (Å²) in [4.78, 5) is 2.42. The van der Waals surface area contributed by atoms with Crippen molar-refractivity contribution in [3.05, 3.63) is 186 Å². The fourth-order valence-electron chi connectivity index (χ4n) is 8.87. The predicted molar refractivity (Wildman–Crippen MR) is 203 cm³/mol. The molecule has 0 bridgehead atoms. The third kappa shape index (κ3) is 3.83. The van der Waals surface area contributed by atoms with Gasteiger partial charge in [-0.25, -0.2) is 0 Å². The Balaban J connectivity index is 1.24. The number of fused-ring (bicyclic) bond motifs is 9. The lowest BCUT2D eigenvalue weighted by molar-refractivity contribution is 0.660. The van der Waals surface area contributed by atoms with Crippen molar-refractivity contribution >= 4 is 39.0 Å². The van der Waals surface area contributed by atoms with Crippen LogP contribution in [0.15, 0.2) is 162 Å². The molecule has 7 aromatic carbocycles. The second-order valence-electron chi connectivity index (χ2n) is 14.3. The fourth-order valence-corrected chi connectivity index (χ4v) is 8.87. The summed E-state index contributed by atoms with van der Waals surface area (Å²) in [6, 6.07) is 57.7. The maximum absolute atomic E-state index is 6.70. The van der Waals surface area contributed by atoms with Gasteiger partial charge in [-0.15, -0.1) is 0 Å². The van der Waals surface area contributed by atoms with Crippen LogP contribution in [-0.2, 0) is 10.8 Å². The third-order valence-electron chi connectivity index (χ3n) is 11.4. The second-order valence-corrected chi connectivity index (χ2v) is 14.3. The molecule has 2 aliphatic rings. The zero-order valence-corrected chi connectivity index (χ0v) is 27.9. The van der Waals surface area contributed by atoms with E-state index in [0.717, 1.165) is 39.0 Å². The van der Waals surface area contributed by atoms with Crippen molar-refractivity contribution in [2.24, 2.45) is 0 Å². The first-order valence-electron chi connectivity index (χ1n) is 17.2. The van der Waals surface area contributed by atoms with Gasteiger partial charge in [0.1, 0.15) is 5.58 Å². The number of para-hydroxylation sites is 2. The first kappa shape index (κ1) is 28.2. The van der Waals surface area contributed by atoms with Gasteiger partial charge in [0.05, 0.1) is 5.69 Å². The molecule has 10 rings (SSSR count). The smallest absolute Gasteiger partial charge is 0.159 e. The van der Waals surface area contributed by atoms with Gasteiger partial charge in [-0.1, -0.05) is 135 Å². The minimum Gasteiger partial charge on any atom is -0.454 e. The number of hydrogen-bond acceptors (Lipinski definition) is 2. The molecule has 0 amide bonds. The molecule has 1 unspecified atom stereocenters. The van der Waals surface area contributed by atoms with Crippen LogP contribution in [0.25, 0.3) is 44.2 Å². The highest BCUT2D eigenvalue weighted by Gasteiger charge is 2.41. The Bertz CT molecular complexity index is 2610. The summed E-state index contributed by atoms with van der Waals surface area (Å²) in [6.07, 6.45) is 0. The van der Waals surface area contributed by atoms with Gasteiger partial charge in [0, 0.05) is 33.0 Å². The van der Waals surface area contributed by atoms with Crippen LogP contribution in [0.1, 0.15) is 48.6 Å². The van der Waals surface area contributed by atoms with Gasteiger partial charge in [0.25, 0.3) is 0 Å². The molecule has 1 atom stereocenters. The number of hydrogen-bond donors (Lipinski definition) is 0. The number of furan rings is 1. The van der Waals surface area contributed by atoms with Crippen molar-refractivity contribution in [2.75, 3.05) is 4.90 Å². The summed E-state index contributed by atoms with van der Waals surface area (Å²) in [6.45, 7) is 7.09. The molecule has 1 aromatic heterocycles. The highest BCUT2D eigenvalue weighted by Crippen LogP contribution is 2.55. The van der Waals surface area contributed by atoms with Crippen molar-refractivity contribution in [1.82, 2.24) is 0 Å². The van der Waals surface area contributed by atoms with Crippen LogP contribution in [0.5, 0.6) is 0 Å². The molecule has 0 spiro atoms. The largest absolute Gasteiger partial charge is 0.454 e. The summed E-state index contributed by atoms with van der Waals surface area (Å²) >= 11 is 0. The molecule has 2 nitrogen and oxygen atoms in total. The predicted octanol–water partition coefficient (Wildman–Crippen LogP) is 12.7. The van der Waals surface area contributed by atoms with E-state index in [1.165, 1.54) is 50.1 Å². The minimum atomic E-state index is -0.304. The van der Waals surface area contributed by atoms with Crippen molar-refractivity contribution in [3.8, 4) is 22.3 Å². The van der Waals surface area contributed by atoms with Crippen molar-refractivity contribution in [3.63, 3.8) is 0 Å². The average Bonchev–Trinajstić information content (AvgIpc) is 3.74. The van der Waals surface area contributed by atoms with E-state index in [-0.39, 0.29) is 10.8 Å². The molecule has 1 heterocycles. The Labute approximate surface area is 286 Å². The molecule has 0 fully saturated rings. The van der Waals surface area contributed by atoms with Crippen molar-refractivity contribution in [2.45, 2.75) is 31.6 Å². The zero-order chi connectivity index (χ0) is 32.9. The van der Waals surface area contributed by atoms with Crippen molar-refractivity contribution < 1.29 is 4.42 Å². The van der Waals surface area contributed by atoms with E-state index < -0.39 is 0 Å². The van der Waals surface area contributed by atoms with Crippen LogP contribution >= 0.6 is 0 Å². The third-order valence-corrected chi connectivity index (χ3v) is 11.4. The van der Waals surface area contributed by atoms with Gasteiger partial charge in [0.15, 0.2) is 5.58 Å². The molecular formula is C47H35NO. The van der Waals surface area contributed by atoms with Crippen LogP contribution in [0, 0.1) is 0 Å². The highest BCUT2D eigenvalue weighted by atomic mass is 16.3. The van der Waals surface area contributed by atoms with Crippen LogP contribution in [0.2, 0.25) is 0 Å². The number of anilines is 3. The summed E-state index contributed by atoms with van der Waals surface area (Å²) in [7, 11) is 0. The van der Waals surface area contributed by atoms with Gasteiger partial charge in [-0.05, 0) is 93.4 Å². The van der Waals surface area contributed by atoms with Gasteiger partial charge < -0.3 is 9.32 Å². The summed E-state index contributed by atoms with van der Waals surface area (Å²) in [5, 5.41) is 2.25. The monoisotopic (exact) mass is 629 g/mol. The second kappa shape index (κ2) is 10.1. The van der Waals surface area contributed by atoms with E-state index in [9.17, 15) is 0 Å². The molecule has 234 valence electrons. The lowest BCUT2D eigenvalue weighted by Crippen LogP contribution is -2.23. The molecule has 8 aromatic rings. The zero-order valence-electron chi connectivity index (χ0n) is 27.9. The van der Waals surface area contributed by atoms with Crippen LogP contribution in [-0.4, -0.2) is 0 Å². The molecule has 0 saturated heterocycles. The van der Waals surface area contributed by atoms with Gasteiger partial charge in [-0.2, -0.15) is 0 Å². The molecule has 49 heavy (non-hydrogen) atoms. The first-order valence-corrected chi connectivity index (χ1v) is 17.2. The quantitative estimate of drug-likeness (QED) is 0.193. The van der Waals surface area contributed by atoms with Crippen molar-refractivity contribution in [1.29, 1.82) is 0 Å². The molecule has 0 radical (unpaired) electrons. The fraction of sp³-hybridized carbons (Fsp3) is 0.106. The minimum absolute atomic E-state index is 0.121. The molecule has 0 saturated carbocycles. The number of nitrogens with zero attached hydrogens (tertiary/aromatic N) is 1. The lowest BCUT2D eigenvalue weighted by atomic mass is 9.74. The van der Waals surface area contributed by atoms with Crippen LogP contribution < -0.4 is 4.90 Å². The van der Waals surface area contributed by atoms with Crippen LogP contribution in [0.3, 0.4) is 0 Å². The molecule has 0 N–H and O–H groups in total. The Kier molecular flexibility index (Phi) is 5.79. The Morgan fingerprint density at radius 2 is 1.02 bits per heavy atom. The SMILES string of the molecule is CC1(C)c2ccccc2-c2ccc(N(c3ccc4c(c3)C(C)(c3ccccc3)c3ccccc3-4)c3cccc4c3oc3ccccc34)cc21. The Morgan fingerprint density at radius 3 is 1.80 bits per heavy atom. The highest BCUT2D eigenvalue weighted by molar-refractivity contribution is 6.10. The molecule has 2 heteroatoms. The summed E-state index contributed by atoms with van der Waals surface area (Å²) in [5.74, 6) is 0. The van der Waals surface area contributed by atoms with Gasteiger partial charge in [-0.3, -0.25) is 0 Å². The Morgan fingerprint density at radius 1 is 0.449 bits per heavy atom. The average molecular weight is 630 g/mol. The normalized spacial score (nSPS) is 16.7. The molecule has 0 aliphatic heterocycles. The van der Waals surface area contributed by atoms with Crippen LogP contribution in [0.4, 0.5) is 17.1 Å². The molecule has 2 aliphatic carbocycles. The van der Waals surface area contributed by atoms with Gasteiger partial charge >= 0.3 is 0 Å². The Hall–Kier alpha value is -5.86. The standard InChI is InChI=1S/C47H35NO/c1-46(2)39-20-10-7-16-33(39)35-26-24-31(28-41(35)46)48(43-22-13-19-38-37-18-9-12-23-44(37)49-45(38)43)32-25-27-36-34-17-8-11-21-40(34)47(3,42(36)29-32)30-14-5-4-6-15-30/h4-29H,1-3H3. The van der Waals surface area contributed by atoms with E-state index in [1.807, 2.05) is 6.07 Å². The topological polar surface area (TPSA) is 16.4 Å². The molecular weight excluding hydrogens is 595 g/mol. The van der Waals surface area contributed by atoms with E-state index in [1.54, 1.807) is 0 Å². The van der Waals surface area contributed by atoms with E-state index in [2.05, 4.69) is 177 Å². The number of rotatable bonds is 4. The number of benzene rings is 7. The lowest BCUT2D eigenvalue weighted by Gasteiger charge is -2.31. The van der Waals surface area contributed by atoms with E-state index in [4.69, 9.17) is 4.42 Å². The maximum Gasteiger partial charge on any atom is 0.159 e. The summed E-state index contributed by atoms with van der Waals surface area (Å²) in [5.41, 5.74) is 16.5.